The van der Waals surface area contributed by atoms with Crippen molar-refractivity contribution in [1.29, 1.82) is 0 Å². The summed E-state index contributed by atoms with van der Waals surface area (Å²) in [6, 6.07) is 11.3. The fourth-order valence-electron chi connectivity index (χ4n) is 1.95. The summed E-state index contributed by atoms with van der Waals surface area (Å²) in [6.45, 7) is 0.00353. The molecule has 0 aliphatic heterocycles. The summed E-state index contributed by atoms with van der Waals surface area (Å²) >= 11 is 7.52. The Balaban J connectivity index is 2.03. The molecule has 0 aliphatic rings. The molecule has 0 saturated carbocycles. The van der Waals surface area contributed by atoms with E-state index in [9.17, 15) is 9.18 Å². The van der Waals surface area contributed by atoms with Crippen LogP contribution in [0.2, 0.25) is 5.02 Å². The van der Waals surface area contributed by atoms with E-state index >= 15 is 0 Å². The van der Waals surface area contributed by atoms with Gasteiger partial charge in [0.05, 0.1) is 11.4 Å². The monoisotopic (exact) mass is 320 g/mol. The fourth-order valence-corrected chi connectivity index (χ4v) is 2.86. The van der Waals surface area contributed by atoms with E-state index in [1.54, 1.807) is 12.1 Å². The first-order chi connectivity index (χ1) is 10.1. The van der Waals surface area contributed by atoms with Crippen molar-refractivity contribution >= 4 is 22.9 Å². The highest BCUT2D eigenvalue weighted by molar-refractivity contribution is 7.13. The normalized spacial score (nSPS) is 10.8. The number of halogens is 2. The topological polar surface area (TPSA) is 34.9 Å². The molecule has 0 amide bonds. The Morgan fingerprint density at radius 3 is 2.76 bits per heavy atom. The van der Waals surface area contributed by atoms with Gasteiger partial charge in [-0.3, -0.25) is 4.79 Å². The van der Waals surface area contributed by atoms with Crippen molar-refractivity contribution < 1.29 is 4.39 Å². The molecule has 0 atom stereocenters. The molecule has 1 aromatic carbocycles. The van der Waals surface area contributed by atoms with Crippen LogP contribution in [0.1, 0.15) is 5.56 Å². The van der Waals surface area contributed by atoms with Crippen molar-refractivity contribution in [2.24, 2.45) is 0 Å². The SMILES string of the molecule is O=c1ccc(-c2cccs2)nn1Cc1c(F)cccc1Cl. The van der Waals surface area contributed by atoms with Crippen molar-refractivity contribution in [2.75, 3.05) is 0 Å². The molecule has 0 spiro atoms. The van der Waals surface area contributed by atoms with Gasteiger partial charge in [0.15, 0.2) is 0 Å². The van der Waals surface area contributed by atoms with Crippen LogP contribution in [0, 0.1) is 5.82 Å². The molecule has 0 bridgehead atoms. The van der Waals surface area contributed by atoms with Gasteiger partial charge in [-0.2, -0.15) is 5.10 Å². The molecular weight excluding hydrogens is 311 g/mol. The maximum absolute atomic E-state index is 13.8. The molecular formula is C15H10ClFN2OS. The van der Waals surface area contributed by atoms with Crippen LogP contribution in [0.25, 0.3) is 10.6 Å². The quantitative estimate of drug-likeness (QED) is 0.735. The molecule has 0 aliphatic carbocycles. The van der Waals surface area contributed by atoms with Gasteiger partial charge in [0, 0.05) is 16.7 Å². The van der Waals surface area contributed by atoms with Crippen LogP contribution in [0.5, 0.6) is 0 Å². The van der Waals surface area contributed by atoms with Crippen LogP contribution >= 0.6 is 22.9 Å². The van der Waals surface area contributed by atoms with E-state index in [-0.39, 0.29) is 22.7 Å². The predicted molar refractivity (Wildman–Crippen MR) is 82.3 cm³/mol. The Hall–Kier alpha value is -1.98. The smallest absolute Gasteiger partial charge is 0.267 e. The van der Waals surface area contributed by atoms with Gasteiger partial charge >= 0.3 is 0 Å². The third-order valence-corrected chi connectivity index (χ3v) is 4.26. The minimum absolute atomic E-state index is 0.00353. The summed E-state index contributed by atoms with van der Waals surface area (Å²) in [6.07, 6.45) is 0. The molecule has 0 unspecified atom stereocenters. The van der Waals surface area contributed by atoms with E-state index in [1.807, 2.05) is 17.5 Å². The van der Waals surface area contributed by atoms with Gasteiger partial charge in [-0.15, -0.1) is 11.3 Å². The lowest BCUT2D eigenvalue weighted by molar-refractivity contribution is 0.574. The van der Waals surface area contributed by atoms with Gasteiger partial charge in [-0.05, 0) is 29.6 Å². The van der Waals surface area contributed by atoms with Crippen molar-refractivity contribution in [2.45, 2.75) is 6.54 Å². The van der Waals surface area contributed by atoms with Gasteiger partial charge < -0.3 is 0 Å². The van der Waals surface area contributed by atoms with Crippen LogP contribution < -0.4 is 5.56 Å². The summed E-state index contributed by atoms with van der Waals surface area (Å²) < 4.78 is 15.0. The maximum atomic E-state index is 13.8. The zero-order chi connectivity index (χ0) is 14.8. The molecule has 2 heterocycles. The highest BCUT2D eigenvalue weighted by Crippen LogP contribution is 2.22. The molecule has 3 aromatic rings. The van der Waals surface area contributed by atoms with E-state index in [1.165, 1.54) is 34.2 Å². The second kappa shape index (κ2) is 5.79. The van der Waals surface area contributed by atoms with Crippen LogP contribution in [0.15, 0.2) is 52.6 Å². The zero-order valence-electron chi connectivity index (χ0n) is 10.8. The second-order valence-electron chi connectivity index (χ2n) is 4.39. The van der Waals surface area contributed by atoms with Gasteiger partial charge in [-0.1, -0.05) is 23.7 Å². The van der Waals surface area contributed by atoms with E-state index in [0.717, 1.165) is 4.88 Å². The Bertz CT molecular complexity index is 810. The first kappa shape index (κ1) is 14.0. The van der Waals surface area contributed by atoms with Crippen LogP contribution in [-0.2, 0) is 6.54 Å². The van der Waals surface area contributed by atoms with Crippen molar-refractivity contribution in [3.8, 4) is 10.6 Å². The van der Waals surface area contributed by atoms with Gasteiger partial charge in [0.25, 0.3) is 5.56 Å². The molecule has 106 valence electrons. The molecule has 0 saturated heterocycles. The third kappa shape index (κ3) is 2.89. The third-order valence-electron chi connectivity index (χ3n) is 3.01. The molecule has 2 aromatic heterocycles. The van der Waals surface area contributed by atoms with Gasteiger partial charge in [-0.25, -0.2) is 9.07 Å². The Morgan fingerprint density at radius 2 is 2.05 bits per heavy atom. The molecule has 0 fully saturated rings. The van der Waals surface area contributed by atoms with Crippen molar-refractivity contribution in [3.63, 3.8) is 0 Å². The Morgan fingerprint density at radius 1 is 1.19 bits per heavy atom. The fraction of sp³-hybridized carbons (Fsp3) is 0.0667. The summed E-state index contributed by atoms with van der Waals surface area (Å²) in [4.78, 5) is 12.9. The first-order valence-corrected chi connectivity index (χ1v) is 7.46. The number of benzene rings is 1. The van der Waals surface area contributed by atoms with E-state index in [4.69, 9.17) is 11.6 Å². The average molecular weight is 321 g/mol. The summed E-state index contributed by atoms with van der Waals surface area (Å²) in [5, 5.41) is 6.49. The molecule has 3 rings (SSSR count). The lowest BCUT2D eigenvalue weighted by Crippen LogP contribution is -2.23. The highest BCUT2D eigenvalue weighted by Gasteiger charge is 2.10. The number of rotatable bonds is 3. The van der Waals surface area contributed by atoms with E-state index < -0.39 is 5.82 Å². The maximum Gasteiger partial charge on any atom is 0.267 e. The Labute approximate surface area is 129 Å². The number of hydrogen-bond donors (Lipinski definition) is 0. The molecule has 0 N–H and O–H groups in total. The minimum atomic E-state index is -0.447. The van der Waals surface area contributed by atoms with E-state index in [2.05, 4.69) is 5.10 Å². The standard InChI is InChI=1S/C15H10ClFN2OS/c16-11-3-1-4-12(17)10(11)9-19-15(20)7-6-13(18-19)14-5-2-8-21-14/h1-8H,9H2. The zero-order valence-corrected chi connectivity index (χ0v) is 12.4. The lowest BCUT2D eigenvalue weighted by Gasteiger charge is -2.08. The molecule has 3 nitrogen and oxygen atoms in total. The summed E-state index contributed by atoms with van der Waals surface area (Å²) in [7, 11) is 0. The number of thiophene rings is 1. The van der Waals surface area contributed by atoms with Crippen LogP contribution in [0.3, 0.4) is 0 Å². The van der Waals surface area contributed by atoms with Gasteiger partial charge in [0.1, 0.15) is 11.5 Å². The summed E-state index contributed by atoms with van der Waals surface area (Å²) in [5.74, 6) is -0.447. The minimum Gasteiger partial charge on any atom is -0.268 e. The van der Waals surface area contributed by atoms with Gasteiger partial charge in [0.2, 0.25) is 0 Å². The predicted octanol–water partition coefficient (Wildman–Crippen LogP) is 3.81. The van der Waals surface area contributed by atoms with E-state index in [0.29, 0.717) is 5.69 Å². The second-order valence-corrected chi connectivity index (χ2v) is 5.75. The lowest BCUT2D eigenvalue weighted by atomic mass is 10.2. The largest absolute Gasteiger partial charge is 0.268 e. The number of hydrogen-bond acceptors (Lipinski definition) is 3. The first-order valence-electron chi connectivity index (χ1n) is 6.20. The Kier molecular flexibility index (Phi) is 3.86. The van der Waals surface area contributed by atoms with Crippen LogP contribution in [-0.4, -0.2) is 9.78 Å². The average Bonchev–Trinajstić information content (AvgIpc) is 2.99. The molecule has 6 heteroatoms. The molecule has 21 heavy (non-hydrogen) atoms. The summed E-state index contributed by atoms with van der Waals surface area (Å²) in [5.41, 5.74) is 0.642. The van der Waals surface area contributed by atoms with Crippen molar-refractivity contribution in [1.82, 2.24) is 9.78 Å². The van der Waals surface area contributed by atoms with Crippen LogP contribution in [0.4, 0.5) is 4.39 Å². The number of nitrogens with zero attached hydrogens (tertiary/aromatic N) is 2. The highest BCUT2D eigenvalue weighted by atomic mass is 35.5. The number of aromatic nitrogens is 2. The molecule has 0 radical (unpaired) electrons. The van der Waals surface area contributed by atoms with Crippen molar-refractivity contribution in [3.05, 3.63) is 74.6 Å².